The Labute approximate surface area is 212 Å². The minimum absolute atomic E-state index is 0.0717. The van der Waals surface area contributed by atoms with Gasteiger partial charge in [-0.2, -0.15) is 0 Å². The van der Waals surface area contributed by atoms with E-state index in [2.05, 4.69) is 48.1 Å². The molecule has 0 fully saturated rings. The van der Waals surface area contributed by atoms with Gasteiger partial charge in [-0.3, -0.25) is 14.9 Å². The van der Waals surface area contributed by atoms with E-state index in [0.29, 0.717) is 6.54 Å². The van der Waals surface area contributed by atoms with Crippen LogP contribution in [0.3, 0.4) is 0 Å². The molecule has 1 heterocycles. The predicted molar refractivity (Wildman–Crippen MR) is 147 cm³/mol. The number of allylic oxidation sites excluding steroid dienone is 3. The van der Waals surface area contributed by atoms with Crippen molar-refractivity contribution in [1.29, 1.82) is 0 Å². The first-order chi connectivity index (χ1) is 16.5. The van der Waals surface area contributed by atoms with Crippen LogP contribution in [-0.4, -0.2) is 78.9 Å². The number of aliphatic hydroxyl groups is 1. The summed E-state index contributed by atoms with van der Waals surface area (Å²) < 4.78 is 5.46. The maximum Gasteiger partial charge on any atom is 0.325 e. The third-order valence-corrected chi connectivity index (χ3v) is 6.01. The van der Waals surface area contributed by atoms with Crippen LogP contribution in [-0.2, 0) is 4.74 Å². The fourth-order valence-corrected chi connectivity index (χ4v) is 3.75. The summed E-state index contributed by atoms with van der Waals surface area (Å²) in [7, 11) is 5.17. The maximum absolute atomic E-state index is 13.2. The largest absolute Gasteiger partial charge is 0.386 e. The minimum Gasteiger partial charge on any atom is -0.386 e. The molecule has 0 radical (unpaired) electrons. The zero-order valence-electron chi connectivity index (χ0n) is 23.2. The second-order valence-corrected chi connectivity index (χ2v) is 9.55. The summed E-state index contributed by atoms with van der Waals surface area (Å²) in [5.41, 5.74) is 1.92. The highest BCUT2D eigenvalue weighted by molar-refractivity contribution is 5.85. The summed E-state index contributed by atoms with van der Waals surface area (Å²) in [6.07, 6.45) is 16.2. The third-order valence-electron chi connectivity index (χ3n) is 6.01. The Balaban J connectivity index is 3.15. The van der Waals surface area contributed by atoms with Crippen LogP contribution < -0.4 is 0 Å². The van der Waals surface area contributed by atoms with Crippen LogP contribution in [0.1, 0.15) is 60.8 Å². The van der Waals surface area contributed by atoms with E-state index >= 15 is 0 Å². The molecule has 1 aliphatic rings. The van der Waals surface area contributed by atoms with E-state index in [4.69, 9.17) is 4.74 Å². The lowest BCUT2D eigenvalue weighted by Crippen LogP contribution is -2.52. The summed E-state index contributed by atoms with van der Waals surface area (Å²) in [4.78, 5) is 25.3. The van der Waals surface area contributed by atoms with Gasteiger partial charge in [-0.15, -0.1) is 0 Å². The quantitative estimate of drug-likeness (QED) is 0.280. The van der Waals surface area contributed by atoms with Crippen LogP contribution in [0.15, 0.2) is 57.3 Å². The molecule has 196 valence electrons. The number of nitrogens with zero attached hydrogens (tertiary/aromatic N) is 4. The number of aliphatic imine (C=N–C) groups is 2. The maximum atomic E-state index is 13.2. The van der Waals surface area contributed by atoms with Crippen LogP contribution in [0.2, 0.25) is 0 Å². The first kappa shape index (κ1) is 30.5. The Kier molecular flexibility index (Phi) is 12.9. The zero-order chi connectivity index (χ0) is 26.6. The average molecular weight is 487 g/mol. The molecular formula is C28H46N4O3. The molecule has 0 spiro atoms. The lowest BCUT2D eigenvalue weighted by molar-refractivity contribution is 0.0856. The van der Waals surface area contributed by atoms with Crippen molar-refractivity contribution in [3.63, 3.8) is 0 Å². The zero-order valence-corrected chi connectivity index (χ0v) is 23.2. The summed E-state index contributed by atoms with van der Waals surface area (Å²) in [6, 6.07) is -0.274. The van der Waals surface area contributed by atoms with E-state index in [1.807, 2.05) is 20.1 Å². The first-order valence-electron chi connectivity index (χ1n) is 12.5. The van der Waals surface area contributed by atoms with Crippen molar-refractivity contribution < 1.29 is 14.6 Å². The Bertz CT molecular complexity index is 862. The van der Waals surface area contributed by atoms with E-state index in [-0.39, 0.29) is 24.1 Å². The van der Waals surface area contributed by atoms with Crippen LogP contribution in [0.5, 0.6) is 0 Å². The number of likely N-dealkylation sites (N-methyl/N-ethyl adjacent to an activating group) is 1. The number of ether oxygens (including phenoxy) is 1. The van der Waals surface area contributed by atoms with Crippen LogP contribution >= 0.6 is 0 Å². The molecule has 0 aromatic rings. The summed E-state index contributed by atoms with van der Waals surface area (Å²) in [5.74, 6) is 0.225. The molecule has 0 saturated heterocycles. The van der Waals surface area contributed by atoms with Crippen molar-refractivity contribution in [3.8, 4) is 0 Å². The molecule has 3 atom stereocenters. The molecule has 3 unspecified atom stereocenters. The van der Waals surface area contributed by atoms with Crippen molar-refractivity contribution in [3.05, 3.63) is 47.3 Å². The van der Waals surface area contributed by atoms with Crippen molar-refractivity contribution in [2.24, 2.45) is 15.9 Å². The first-order valence-corrected chi connectivity index (χ1v) is 12.5. The number of amides is 2. The molecule has 0 aliphatic carbocycles. The standard InChI is InChI=1S/C28H46N4O3/c1-10-13-23(15-12-14-21(3)17-30-18-24(11-2)28(5,6)34)26-16-25(19-29-7)31(8)27(33)32(26)20-22(4)35-9/h12-13,15-19,21-22,25,34H,10-11,14,20H2,1-9H3/b15-12+,23-13+,24-18+,29-19-,30-17-. The van der Waals surface area contributed by atoms with Gasteiger partial charge in [-0.25, -0.2) is 4.79 Å². The van der Waals surface area contributed by atoms with Gasteiger partial charge in [0, 0.05) is 39.8 Å². The minimum atomic E-state index is -0.860. The molecule has 2 amide bonds. The van der Waals surface area contributed by atoms with E-state index < -0.39 is 5.60 Å². The summed E-state index contributed by atoms with van der Waals surface area (Å²) in [5, 5.41) is 10.2. The van der Waals surface area contributed by atoms with Gasteiger partial charge in [0.25, 0.3) is 0 Å². The van der Waals surface area contributed by atoms with Gasteiger partial charge in [-0.05, 0) is 63.2 Å². The highest BCUT2D eigenvalue weighted by Gasteiger charge is 2.32. The molecule has 1 rings (SSSR count). The van der Waals surface area contributed by atoms with Crippen molar-refractivity contribution in [2.45, 2.75) is 78.6 Å². The second-order valence-electron chi connectivity index (χ2n) is 9.55. The van der Waals surface area contributed by atoms with Crippen molar-refractivity contribution >= 4 is 18.5 Å². The predicted octanol–water partition coefficient (Wildman–Crippen LogP) is 5.40. The van der Waals surface area contributed by atoms with E-state index in [0.717, 1.165) is 36.1 Å². The van der Waals surface area contributed by atoms with Crippen molar-refractivity contribution in [2.75, 3.05) is 27.7 Å². The molecule has 0 aromatic heterocycles. The molecule has 7 nitrogen and oxygen atoms in total. The SMILES string of the molecule is CC/C=C(\C=C\CC(C)/C=N\C=C(/CC)C(C)(C)O)C1=CC(/C=N\C)N(C)C(=O)N1CC(C)OC. The molecule has 1 N–H and O–H groups in total. The number of carbonyl (C=O) groups is 1. The van der Waals surface area contributed by atoms with Gasteiger partial charge in [0.05, 0.1) is 30.0 Å². The van der Waals surface area contributed by atoms with Crippen LogP contribution in [0, 0.1) is 5.92 Å². The molecule has 0 aromatic carbocycles. The average Bonchev–Trinajstić information content (AvgIpc) is 2.80. The Morgan fingerprint density at radius 2 is 2.00 bits per heavy atom. The fourth-order valence-electron chi connectivity index (χ4n) is 3.75. The Hall–Kier alpha value is -2.51. The van der Waals surface area contributed by atoms with Crippen LogP contribution in [0.25, 0.3) is 0 Å². The monoisotopic (exact) mass is 486 g/mol. The van der Waals surface area contributed by atoms with Crippen LogP contribution in [0.4, 0.5) is 4.79 Å². The van der Waals surface area contributed by atoms with E-state index in [9.17, 15) is 9.90 Å². The van der Waals surface area contributed by atoms with Gasteiger partial charge in [0.1, 0.15) is 0 Å². The van der Waals surface area contributed by atoms with E-state index in [1.54, 1.807) is 57.3 Å². The highest BCUT2D eigenvalue weighted by Crippen LogP contribution is 2.26. The number of rotatable bonds is 13. The number of hydrogen-bond acceptors (Lipinski definition) is 5. The lowest BCUT2D eigenvalue weighted by Gasteiger charge is -2.39. The number of urea groups is 1. The topological polar surface area (TPSA) is 77.7 Å². The van der Waals surface area contributed by atoms with Gasteiger partial charge < -0.3 is 14.7 Å². The molecule has 1 aliphatic heterocycles. The number of carbonyl (C=O) groups excluding carboxylic acids is 1. The molecule has 35 heavy (non-hydrogen) atoms. The van der Waals surface area contributed by atoms with Gasteiger partial charge in [0.15, 0.2) is 0 Å². The van der Waals surface area contributed by atoms with Gasteiger partial charge >= 0.3 is 6.03 Å². The Morgan fingerprint density at radius 3 is 2.54 bits per heavy atom. The lowest BCUT2D eigenvalue weighted by atomic mass is 9.97. The normalized spacial score (nSPS) is 20.5. The molecule has 0 saturated carbocycles. The molecule has 7 heteroatoms. The third kappa shape index (κ3) is 9.57. The fraction of sp³-hybridized carbons (Fsp3) is 0.607. The van der Waals surface area contributed by atoms with Gasteiger partial charge in [-0.1, -0.05) is 39.0 Å². The molecule has 0 bridgehead atoms. The number of hydrogen-bond donors (Lipinski definition) is 1. The number of methoxy groups -OCH3 is 1. The second kappa shape index (κ2) is 14.8. The highest BCUT2D eigenvalue weighted by atomic mass is 16.5. The smallest absolute Gasteiger partial charge is 0.325 e. The summed E-state index contributed by atoms with van der Waals surface area (Å²) >= 11 is 0. The molecular weight excluding hydrogens is 440 g/mol. The summed E-state index contributed by atoms with van der Waals surface area (Å²) in [6.45, 7) is 12.2. The van der Waals surface area contributed by atoms with E-state index in [1.165, 1.54) is 0 Å². The van der Waals surface area contributed by atoms with Gasteiger partial charge in [0.2, 0.25) is 0 Å². The Morgan fingerprint density at radius 1 is 1.31 bits per heavy atom. The van der Waals surface area contributed by atoms with Crippen molar-refractivity contribution in [1.82, 2.24) is 9.80 Å².